The molecular weight excluding hydrogens is 472 g/mol. The Labute approximate surface area is 215 Å². The van der Waals surface area contributed by atoms with Crippen LogP contribution in [0.25, 0.3) is 5.76 Å². The molecule has 1 atom stereocenters. The van der Waals surface area contributed by atoms with Crippen molar-refractivity contribution in [2.24, 2.45) is 0 Å². The third-order valence-corrected chi connectivity index (χ3v) is 5.82. The van der Waals surface area contributed by atoms with E-state index in [2.05, 4.69) is 5.32 Å². The molecule has 1 aliphatic rings. The summed E-state index contributed by atoms with van der Waals surface area (Å²) in [5.41, 5.74) is 1.91. The molecule has 2 N–H and O–H groups in total. The van der Waals surface area contributed by atoms with E-state index in [0.29, 0.717) is 34.0 Å². The summed E-state index contributed by atoms with van der Waals surface area (Å²) in [4.78, 5) is 39.4. The fraction of sp³-hybridized carbons (Fsp3) is 0.207. The Balaban J connectivity index is 1.84. The molecule has 0 radical (unpaired) electrons. The zero-order chi connectivity index (χ0) is 26.7. The molecule has 190 valence electrons. The van der Waals surface area contributed by atoms with Crippen LogP contribution in [0.5, 0.6) is 11.5 Å². The molecule has 8 heteroatoms. The zero-order valence-corrected chi connectivity index (χ0v) is 21.0. The van der Waals surface area contributed by atoms with Gasteiger partial charge >= 0.3 is 0 Å². The van der Waals surface area contributed by atoms with E-state index in [1.165, 1.54) is 18.9 Å². The smallest absolute Gasteiger partial charge is 0.300 e. The summed E-state index contributed by atoms with van der Waals surface area (Å²) >= 11 is 0. The summed E-state index contributed by atoms with van der Waals surface area (Å²) in [6.07, 6.45) is -0.0186. The van der Waals surface area contributed by atoms with Crippen LogP contribution in [-0.4, -0.2) is 35.9 Å². The molecule has 1 saturated heterocycles. The van der Waals surface area contributed by atoms with Crippen LogP contribution in [0.3, 0.4) is 0 Å². The second-order valence-electron chi connectivity index (χ2n) is 8.86. The highest BCUT2D eigenvalue weighted by atomic mass is 16.5. The Morgan fingerprint density at radius 3 is 2.24 bits per heavy atom. The molecule has 3 aromatic rings. The van der Waals surface area contributed by atoms with Crippen molar-refractivity contribution >= 4 is 34.7 Å². The molecule has 0 aliphatic carbocycles. The summed E-state index contributed by atoms with van der Waals surface area (Å²) in [6.45, 7) is 5.22. The number of carbonyl (C=O) groups is 3. The number of hydrogen-bond donors (Lipinski definition) is 2. The van der Waals surface area contributed by atoms with Crippen molar-refractivity contribution in [3.05, 3.63) is 89.5 Å². The number of benzene rings is 3. The van der Waals surface area contributed by atoms with Crippen LogP contribution < -0.4 is 19.7 Å². The van der Waals surface area contributed by atoms with Gasteiger partial charge in [0.05, 0.1) is 24.8 Å². The van der Waals surface area contributed by atoms with Gasteiger partial charge in [-0.1, -0.05) is 12.1 Å². The zero-order valence-electron chi connectivity index (χ0n) is 21.0. The molecule has 3 aromatic carbocycles. The van der Waals surface area contributed by atoms with Crippen LogP contribution >= 0.6 is 0 Å². The number of aliphatic hydroxyl groups is 1. The third-order valence-electron chi connectivity index (χ3n) is 5.82. The highest BCUT2D eigenvalue weighted by Gasteiger charge is 2.47. The first-order chi connectivity index (χ1) is 17.7. The summed E-state index contributed by atoms with van der Waals surface area (Å²) in [7, 11) is 1.53. The Kier molecular flexibility index (Phi) is 7.29. The van der Waals surface area contributed by atoms with E-state index in [9.17, 15) is 19.5 Å². The van der Waals surface area contributed by atoms with Gasteiger partial charge < -0.3 is 19.9 Å². The third kappa shape index (κ3) is 5.33. The van der Waals surface area contributed by atoms with Crippen LogP contribution in [0.1, 0.15) is 37.9 Å². The topological polar surface area (TPSA) is 105 Å². The normalized spacial score (nSPS) is 16.7. The molecule has 0 saturated carbocycles. The fourth-order valence-corrected chi connectivity index (χ4v) is 4.25. The molecule has 1 fully saturated rings. The molecule has 1 unspecified atom stereocenters. The quantitative estimate of drug-likeness (QED) is 0.267. The van der Waals surface area contributed by atoms with Gasteiger partial charge in [0, 0.05) is 23.9 Å². The van der Waals surface area contributed by atoms with Gasteiger partial charge in [0.15, 0.2) is 0 Å². The van der Waals surface area contributed by atoms with Gasteiger partial charge in [-0.25, -0.2) is 0 Å². The summed E-state index contributed by atoms with van der Waals surface area (Å²) in [5, 5.41) is 14.0. The van der Waals surface area contributed by atoms with Gasteiger partial charge in [-0.05, 0) is 80.1 Å². The number of anilines is 2. The van der Waals surface area contributed by atoms with Crippen LogP contribution in [0, 0.1) is 0 Å². The predicted molar refractivity (Wildman–Crippen MR) is 141 cm³/mol. The second kappa shape index (κ2) is 10.6. The van der Waals surface area contributed by atoms with E-state index >= 15 is 0 Å². The molecule has 4 rings (SSSR count). The fourth-order valence-electron chi connectivity index (χ4n) is 4.25. The molecule has 0 spiro atoms. The SMILES string of the molecule is COc1cccc(C2/C(=C(/O)c3ccc(OC(C)C)cc3)C(=O)C(=O)N2c2ccc(NC(C)=O)cc2)c1. The highest BCUT2D eigenvalue weighted by molar-refractivity contribution is 6.51. The summed E-state index contributed by atoms with van der Waals surface area (Å²) in [5.74, 6) is -0.941. The molecular formula is C29H28N2O6. The largest absolute Gasteiger partial charge is 0.507 e. The first-order valence-electron chi connectivity index (χ1n) is 11.8. The summed E-state index contributed by atoms with van der Waals surface area (Å²) in [6, 6.07) is 19.4. The van der Waals surface area contributed by atoms with Gasteiger partial charge in [0.25, 0.3) is 11.7 Å². The predicted octanol–water partition coefficient (Wildman–Crippen LogP) is 5.07. The van der Waals surface area contributed by atoms with E-state index in [1.54, 1.807) is 72.8 Å². The minimum Gasteiger partial charge on any atom is -0.507 e. The number of ketones is 1. The van der Waals surface area contributed by atoms with Gasteiger partial charge in [-0.2, -0.15) is 0 Å². The Morgan fingerprint density at radius 2 is 1.65 bits per heavy atom. The molecule has 1 aliphatic heterocycles. The number of nitrogens with zero attached hydrogens (tertiary/aromatic N) is 1. The Hall–Kier alpha value is -4.59. The van der Waals surface area contributed by atoms with Gasteiger partial charge in [-0.3, -0.25) is 19.3 Å². The lowest BCUT2D eigenvalue weighted by molar-refractivity contribution is -0.132. The number of rotatable bonds is 7. The Bertz CT molecular complexity index is 1360. The minimum absolute atomic E-state index is 0.0186. The first-order valence-corrected chi connectivity index (χ1v) is 11.8. The lowest BCUT2D eigenvalue weighted by Crippen LogP contribution is -2.29. The first kappa shape index (κ1) is 25.5. The van der Waals surface area contributed by atoms with Crippen molar-refractivity contribution in [2.45, 2.75) is 32.9 Å². The monoisotopic (exact) mass is 500 g/mol. The molecule has 0 bridgehead atoms. The molecule has 2 amide bonds. The maximum Gasteiger partial charge on any atom is 0.300 e. The van der Waals surface area contributed by atoms with E-state index < -0.39 is 17.7 Å². The number of Topliss-reactive ketones (excluding diaryl/α,β-unsaturated/α-hetero) is 1. The number of aliphatic hydroxyl groups excluding tert-OH is 1. The van der Waals surface area contributed by atoms with Gasteiger partial charge in [0.2, 0.25) is 5.91 Å². The van der Waals surface area contributed by atoms with Crippen LogP contribution in [0.2, 0.25) is 0 Å². The average molecular weight is 501 g/mol. The van der Waals surface area contributed by atoms with Crippen LogP contribution in [0.4, 0.5) is 11.4 Å². The second-order valence-corrected chi connectivity index (χ2v) is 8.86. The van der Waals surface area contributed by atoms with Crippen molar-refractivity contribution in [3.63, 3.8) is 0 Å². The van der Waals surface area contributed by atoms with E-state index in [1.807, 2.05) is 13.8 Å². The molecule has 1 heterocycles. The highest BCUT2D eigenvalue weighted by Crippen LogP contribution is 2.43. The summed E-state index contributed by atoms with van der Waals surface area (Å²) < 4.78 is 11.0. The Morgan fingerprint density at radius 1 is 0.973 bits per heavy atom. The average Bonchev–Trinajstić information content (AvgIpc) is 3.14. The van der Waals surface area contributed by atoms with Crippen molar-refractivity contribution in [3.8, 4) is 11.5 Å². The molecule has 0 aromatic heterocycles. The lowest BCUT2D eigenvalue weighted by atomic mass is 9.95. The number of nitrogens with one attached hydrogen (secondary N) is 1. The number of ether oxygens (including phenoxy) is 2. The molecule has 37 heavy (non-hydrogen) atoms. The van der Waals surface area contributed by atoms with Crippen molar-refractivity contribution < 1.29 is 29.0 Å². The van der Waals surface area contributed by atoms with E-state index in [-0.39, 0.29) is 23.3 Å². The number of methoxy groups -OCH3 is 1. The number of carbonyl (C=O) groups excluding carboxylic acids is 3. The van der Waals surface area contributed by atoms with Crippen molar-refractivity contribution in [1.82, 2.24) is 0 Å². The van der Waals surface area contributed by atoms with Gasteiger partial charge in [-0.15, -0.1) is 0 Å². The maximum atomic E-state index is 13.3. The van der Waals surface area contributed by atoms with Crippen molar-refractivity contribution in [1.29, 1.82) is 0 Å². The van der Waals surface area contributed by atoms with Crippen molar-refractivity contribution in [2.75, 3.05) is 17.3 Å². The number of hydrogen-bond acceptors (Lipinski definition) is 6. The maximum absolute atomic E-state index is 13.3. The number of amides is 2. The molecule has 8 nitrogen and oxygen atoms in total. The van der Waals surface area contributed by atoms with E-state index in [4.69, 9.17) is 9.47 Å². The van der Waals surface area contributed by atoms with Crippen LogP contribution in [0.15, 0.2) is 78.4 Å². The van der Waals surface area contributed by atoms with Gasteiger partial charge in [0.1, 0.15) is 17.3 Å². The minimum atomic E-state index is -0.909. The lowest BCUT2D eigenvalue weighted by Gasteiger charge is -2.26. The standard InChI is InChI=1S/C29H28N2O6/c1-17(2)37-23-14-8-19(9-15-23)27(33)25-26(20-6-5-7-24(16-20)36-4)31(29(35)28(25)34)22-12-10-21(11-13-22)30-18(3)32/h5-17,26,33H,1-4H3,(H,30,32)/b27-25-. The van der Waals surface area contributed by atoms with E-state index in [0.717, 1.165) is 0 Å². The van der Waals surface area contributed by atoms with Crippen LogP contribution in [-0.2, 0) is 14.4 Å².